The van der Waals surface area contributed by atoms with Crippen LogP contribution < -0.4 is 5.43 Å². The molecule has 0 aliphatic rings. The Balaban J connectivity index is 2.72. The largest absolute Gasteiger partial charge is 0.286 e. The Hall–Kier alpha value is -0.910. The molecule has 90 valence electrons. The summed E-state index contributed by atoms with van der Waals surface area (Å²) in [5.41, 5.74) is 1.06. The molecule has 2 aromatic rings. The van der Waals surface area contributed by atoms with E-state index in [1.54, 1.807) is 0 Å². The average Bonchev–Trinajstić information content (AvgIpc) is 2.24. The molecule has 0 saturated carbocycles. The highest BCUT2D eigenvalue weighted by atomic mass is 127. The molecule has 0 aliphatic heterocycles. The minimum Gasteiger partial charge on any atom is -0.286 e. The summed E-state index contributed by atoms with van der Waals surface area (Å²) >= 11 is 2.01. The molecule has 0 amide bonds. The first kappa shape index (κ1) is 12.5. The first-order chi connectivity index (χ1) is 7.88. The van der Waals surface area contributed by atoms with E-state index in [0.717, 1.165) is 17.4 Å². The van der Waals surface area contributed by atoms with Gasteiger partial charge in [-0.2, -0.15) is 5.10 Å². The Labute approximate surface area is 114 Å². The van der Waals surface area contributed by atoms with E-state index in [-0.39, 0.29) is 10.8 Å². The number of halogens is 1. The quantitative estimate of drug-likeness (QED) is 0.747. The molecule has 1 aromatic heterocycles. The van der Waals surface area contributed by atoms with Crippen LogP contribution in [-0.2, 0) is 6.54 Å². The summed E-state index contributed by atoms with van der Waals surface area (Å²) in [6.07, 6.45) is 0. The lowest BCUT2D eigenvalue weighted by Crippen LogP contribution is -2.23. The van der Waals surface area contributed by atoms with Gasteiger partial charge in [-0.05, 0) is 40.1 Å². The van der Waals surface area contributed by atoms with Gasteiger partial charge in [-0.25, -0.2) is 0 Å². The van der Waals surface area contributed by atoms with Crippen LogP contribution in [0.1, 0.15) is 20.8 Å². The molecular weight excluding hydrogens is 327 g/mol. The minimum atomic E-state index is 0.0198. The van der Waals surface area contributed by atoms with E-state index in [1.807, 2.05) is 51.5 Å². The van der Waals surface area contributed by atoms with Crippen LogP contribution in [-0.4, -0.2) is 9.78 Å². The van der Waals surface area contributed by atoms with E-state index in [9.17, 15) is 4.79 Å². The second kappa shape index (κ2) is 4.40. The number of rotatable bonds is 1. The standard InChI is InChI=1S/C13H15IN2O/c1-13(2,3)8-16-10-7-5-4-6-9(10)11(17)12(14)15-16/h4-7H,8H2,1-3H3. The van der Waals surface area contributed by atoms with E-state index in [4.69, 9.17) is 0 Å². The molecule has 17 heavy (non-hydrogen) atoms. The van der Waals surface area contributed by atoms with Gasteiger partial charge in [-0.1, -0.05) is 32.9 Å². The lowest BCUT2D eigenvalue weighted by Gasteiger charge is -2.20. The van der Waals surface area contributed by atoms with E-state index >= 15 is 0 Å². The fraction of sp³-hybridized carbons (Fsp3) is 0.385. The van der Waals surface area contributed by atoms with Crippen LogP contribution in [0.15, 0.2) is 29.1 Å². The van der Waals surface area contributed by atoms with Crippen LogP contribution >= 0.6 is 22.6 Å². The Morgan fingerprint density at radius 1 is 1.29 bits per heavy atom. The van der Waals surface area contributed by atoms with Crippen molar-refractivity contribution in [2.75, 3.05) is 0 Å². The van der Waals surface area contributed by atoms with Crippen molar-refractivity contribution in [3.8, 4) is 0 Å². The van der Waals surface area contributed by atoms with Crippen molar-refractivity contribution >= 4 is 33.5 Å². The number of nitrogens with zero attached hydrogens (tertiary/aromatic N) is 2. The van der Waals surface area contributed by atoms with E-state index in [1.165, 1.54) is 0 Å². The molecule has 1 aromatic carbocycles. The maximum absolute atomic E-state index is 12.0. The van der Waals surface area contributed by atoms with Crippen molar-refractivity contribution < 1.29 is 0 Å². The number of aromatic nitrogens is 2. The first-order valence-corrected chi connectivity index (χ1v) is 6.62. The summed E-state index contributed by atoms with van der Waals surface area (Å²) in [6, 6.07) is 7.64. The topological polar surface area (TPSA) is 34.9 Å². The van der Waals surface area contributed by atoms with Gasteiger partial charge in [0.15, 0.2) is 3.70 Å². The fourth-order valence-electron chi connectivity index (χ4n) is 1.78. The van der Waals surface area contributed by atoms with E-state index < -0.39 is 0 Å². The summed E-state index contributed by atoms with van der Waals surface area (Å²) in [7, 11) is 0. The highest BCUT2D eigenvalue weighted by Gasteiger charge is 2.15. The zero-order valence-electron chi connectivity index (χ0n) is 10.2. The summed E-state index contributed by atoms with van der Waals surface area (Å²) in [6.45, 7) is 7.28. The van der Waals surface area contributed by atoms with Crippen molar-refractivity contribution in [3.63, 3.8) is 0 Å². The monoisotopic (exact) mass is 342 g/mol. The number of benzene rings is 1. The zero-order valence-corrected chi connectivity index (χ0v) is 12.4. The molecular formula is C13H15IN2O. The lowest BCUT2D eigenvalue weighted by molar-refractivity contribution is 0.328. The van der Waals surface area contributed by atoms with Crippen LogP contribution in [0.4, 0.5) is 0 Å². The van der Waals surface area contributed by atoms with Crippen LogP contribution in [0.3, 0.4) is 0 Å². The zero-order chi connectivity index (χ0) is 12.6. The highest BCUT2D eigenvalue weighted by molar-refractivity contribution is 14.1. The molecule has 4 heteroatoms. The molecule has 0 aliphatic carbocycles. The van der Waals surface area contributed by atoms with Gasteiger partial charge in [0.25, 0.3) is 0 Å². The third kappa shape index (κ3) is 2.68. The number of hydrogen-bond donors (Lipinski definition) is 0. The van der Waals surface area contributed by atoms with Gasteiger partial charge in [-0.15, -0.1) is 0 Å². The smallest absolute Gasteiger partial charge is 0.221 e. The van der Waals surface area contributed by atoms with Crippen LogP contribution in [0.2, 0.25) is 0 Å². The minimum absolute atomic E-state index is 0.0198. The molecule has 0 spiro atoms. The van der Waals surface area contributed by atoms with Crippen molar-refractivity contribution in [3.05, 3.63) is 38.2 Å². The van der Waals surface area contributed by atoms with Crippen molar-refractivity contribution in [1.82, 2.24) is 9.78 Å². The van der Waals surface area contributed by atoms with Gasteiger partial charge >= 0.3 is 0 Å². The van der Waals surface area contributed by atoms with Crippen molar-refractivity contribution in [2.45, 2.75) is 27.3 Å². The SMILES string of the molecule is CC(C)(C)Cn1nc(I)c(=O)c2ccccc21. The molecule has 3 nitrogen and oxygen atoms in total. The van der Waals surface area contributed by atoms with Crippen LogP contribution in [0.5, 0.6) is 0 Å². The summed E-state index contributed by atoms with van der Waals surface area (Å²) in [5.74, 6) is 0. The Morgan fingerprint density at radius 2 is 1.94 bits per heavy atom. The Kier molecular flexibility index (Phi) is 3.25. The third-order valence-electron chi connectivity index (χ3n) is 2.45. The summed E-state index contributed by atoms with van der Waals surface area (Å²) in [4.78, 5) is 12.0. The number of para-hydroxylation sites is 1. The number of fused-ring (bicyclic) bond motifs is 1. The van der Waals surface area contributed by atoms with Crippen LogP contribution in [0, 0.1) is 9.12 Å². The number of hydrogen-bond acceptors (Lipinski definition) is 2. The Bertz CT molecular complexity index is 611. The molecule has 0 unspecified atom stereocenters. The molecule has 1 heterocycles. The maximum atomic E-state index is 12.0. The third-order valence-corrected chi connectivity index (χ3v) is 3.15. The molecule has 0 bridgehead atoms. The van der Waals surface area contributed by atoms with Gasteiger partial charge in [0.05, 0.1) is 10.9 Å². The molecule has 2 rings (SSSR count). The fourth-order valence-corrected chi connectivity index (χ4v) is 2.33. The normalized spacial score (nSPS) is 12.0. The van der Waals surface area contributed by atoms with Gasteiger partial charge < -0.3 is 0 Å². The molecule has 0 fully saturated rings. The Morgan fingerprint density at radius 3 is 2.59 bits per heavy atom. The molecule has 0 N–H and O–H groups in total. The average molecular weight is 342 g/mol. The summed E-state index contributed by atoms with van der Waals surface area (Å²) in [5, 5.41) is 5.12. The van der Waals surface area contributed by atoms with Gasteiger partial charge in [0, 0.05) is 6.54 Å². The molecule has 0 radical (unpaired) electrons. The van der Waals surface area contributed by atoms with Gasteiger partial charge in [0.2, 0.25) is 5.43 Å². The second-order valence-electron chi connectivity index (χ2n) is 5.36. The second-order valence-corrected chi connectivity index (χ2v) is 6.38. The van der Waals surface area contributed by atoms with Crippen molar-refractivity contribution in [2.24, 2.45) is 5.41 Å². The lowest BCUT2D eigenvalue weighted by atomic mass is 9.97. The predicted molar refractivity (Wildman–Crippen MR) is 78.2 cm³/mol. The van der Waals surface area contributed by atoms with Crippen LogP contribution in [0.25, 0.3) is 10.9 Å². The maximum Gasteiger partial charge on any atom is 0.221 e. The summed E-state index contributed by atoms with van der Waals surface area (Å²) < 4.78 is 2.46. The predicted octanol–water partition coefficient (Wildman–Crippen LogP) is 3.05. The molecule has 0 atom stereocenters. The van der Waals surface area contributed by atoms with Crippen molar-refractivity contribution in [1.29, 1.82) is 0 Å². The van der Waals surface area contributed by atoms with Gasteiger partial charge in [0.1, 0.15) is 0 Å². The molecule has 0 saturated heterocycles. The van der Waals surface area contributed by atoms with E-state index in [0.29, 0.717) is 3.70 Å². The van der Waals surface area contributed by atoms with Gasteiger partial charge in [-0.3, -0.25) is 9.48 Å². The first-order valence-electron chi connectivity index (χ1n) is 5.54. The van der Waals surface area contributed by atoms with E-state index in [2.05, 4.69) is 25.9 Å². The highest BCUT2D eigenvalue weighted by Crippen LogP contribution is 2.19.